The van der Waals surface area contributed by atoms with E-state index in [1.54, 1.807) is 7.11 Å². The van der Waals surface area contributed by atoms with Crippen molar-refractivity contribution in [1.82, 2.24) is 0 Å². The molecule has 2 bridgehead atoms. The zero-order valence-corrected chi connectivity index (χ0v) is 14.0. The third kappa shape index (κ3) is 2.67. The van der Waals surface area contributed by atoms with Crippen LogP contribution in [0.25, 0.3) is 0 Å². The van der Waals surface area contributed by atoms with Crippen molar-refractivity contribution in [2.45, 2.75) is 70.8 Å². The molecule has 2 rings (SSSR count). The van der Waals surface area contributed by atoms with E-state index < -0.39 is 0 Å². The van der Waals surface area contributed by atoms with Gasteiger partial charge in [-0.1, -0.05) is 40.5 Å². The average molecular weight is 282 g/mol. The quantitative estimate of drug-likeness (QED) is 0.670. The van der Waals surface area contributed by atoms with Crippen LogP contribution in [0.2, 0.25) is 0 Å². The molecule has 0 N–H and O–H groups in total. The van der Waals surface area contributed by atoms with Crippen molar-refractivity contribution in [2.75, 3.05) is 13.7 Å². The third-order valence-electron chi connectivity index (χ3n) is 5.05. The summed E-state index contributed by atoms with van der Waals surface area (Å²) in [6.45, 7) is 9.83. The van der Waals surface area contributed by atoms with Gasteiger partial charge in [0, 0.05) is 13.0 Å². The van der Waals surface area contributed by atoms with E-state index in [4.69, 9.17) is 14.2 Å². The van der Waals surface area contributed by atoms with E-state index in [2.05, 4.69) is 35.5 Å². The number of methoxy groups -OCH3 is 1. The van der Waals surface area contributed by atoms with E-state index in [0.717, 1.165) is 6.42 Å². The lowest BCUT2D eigenvalue weighted by Gasteiger charge is -2.40. The van der Waals surface area contributed by atoms with Gasteiger partial charge in [-0.05, 0) is 18.3 Å². The second-order valence-corrected chi connectivity index (χ2v) is 7.21. The molecule has 2 aliphatic rings. The van der Waals surface area contributed by atoms with Gasteiger partial charge in [0.2, 0.25) is 0 Å². The molecule has 20 heavy (non-hydrogen) atoms. The van der Waals surface area contributed by atoms with Gasteiger partial charge in [0.1, 0.15) is 19.6 Å². The molecule has 2 heterocycles. The van der Waals surface area contributed by atoms with E-state index in [1.807, 2.05) is 0 Å². The van der Waals surface area contributed by atoms with Crippen LogP contribution in [0.1, 0.15) is 47.0 Å². The maximum absolute atomic E-state index is 6.50. The summed E-state index contributed by atoms with van der Waals surface area (Å²) >= 11 is 0. The number of rotatable bonds is 7. The van der Waals surface area contributed by atoms with Crippen LogP contribution >= 0.6 is 0 Å². The van der Waals surface area contributed by atoms with E-state index in [-0.39, 0.29) is 23.8 Å². The zero-order chi connectivity index (χ0) is 14.9. The van der Waals surface area contributed by atoms with Crippen molar-refractivity contribution in [3.63, 3.8) is 0 Å². The minimum Gasteiger partial charge on any atom is -0.382 e. The molecule has 0 aromatic carbocycles. The Morgan fingerprint density at radius 1 is 1.30 bits per heavy atom. The molecule has 2 aliphatic heterocycles. The minimum absolute atomic E-state index is 0.0976. The molecule has 6 atom stereocenters. The van der Waals surface area contributed by atoms with Crippen LogP contribution in [-0.4, -0.2) is 45.4 Å². The highest BCUT2D eigenvalue weighted by molar-refractivity contribution is 6.11. The van der Waals surface area contributed by atoms with Crippen molar-refractivity contribution < 1.29 is 14.2 Å². The smallest absolute Gasteiger partial charge is 0.142 e. The molecule has 0 aliphatic carbocycles. The predicted molar refractivity (Wildman–Crippen MR) is 83.7 cm³/mol. The van der Waals surface area contributed by atoms with Gasteiger partial charge in [0.25, 0.3) is 0 Å². The number of hydrogen-bond acceptors (Lipinski definition) is 3. The van der Waals surface area contributed by atoms with Crippen molar-refractivity contribution >= 4 is 7.85 Å². The highest BCUT2D eigenvalue weighted by Gasteiger charge is 2.65. The zero-order valence-electron chi connectivity index (χ0n) is 14.0. The van der Waals surface area contributed by atoms with Crippen LogP contribution in [0.4, 0.5) is 0 Å². The summed E-state index contributed by atoms with van der Waals surface area (Å²) in [4.78, 5) is 0. The maximum atomic E-state index is 6.50. The Hall–Kier alpha value is -0.0551. The summed E-state index contributed by atoms with van der Waals surface area (Å²) in [6.07, 6.45) is 3.89. The first-order valence-electron chi connectivity index (χ1n) is 8.28. The second kappa shape index (κ2) is 6.37. The van der Waals surface area contributed by atoms with E-state index in [9.17, 15) is 0 Å². The van der Waals surface area contributed by atoms with Gasteiger partial charge in [-0.2, -0.15) is 0 Å². The SMILES string of the molecule is BC1OC2(CC(C)C)C(COC)OC1C2C(C)CCC. The number of hydrogen-bond donors (Lipinski definition) is 0. The Morgan fingerprint density at radius 3 is 2.55 bits per heavy atom. The van der Waals surface area contributed by atoms with Gasteiger partial charge in [0.05, 0.1) is 18.7 Å². The summed E-state index contributed by atoms with van der Waals surface area (Å²) in [5.41, 5.74) is -0.136. The van der Waals surface area contributed by atoms with E-state index >= 15 is 0 Å². The lowest BCUT2D eigenvalue weighted by atomic mass is 9.71. The minimum atomic E-state index is -0.136. The van der Waals surface area contributed by atoms with Gasteiger partial charge in [-0.25, -0.2) is 0 Å². The molecule has 0 spiro atoms. The Balaban J connectivity index is 2.28. The highest BCUT2D eigenvalue weighted by atomic mass is 16.6. The fraction of sp³-hybridized carbons (Fsp3) is 1.00. The molecule has 2 saturated heterocycles. The first kappa shape index (κ1) is 16.3. The fourth-order valence-corrected chi connectivity index (χ4v) is 4.58. The molecule has 2 fully saturated rings. The van der Waals surface area contributed by atoms with Crippen LogP contribution in [0.3, 0.4) is 0 Å². The summed E-state index contributed by atoms with van der Waals surface area (Å²) < 4.78 is 18.2. The summed E-state index contributed by atoms with van der Waals surface area (Å²) in [5.74, 6) is 1.77. The molecule has 0 amide bonds. The predicted octanol–water partition coefficient (Wildman–Crippen LogP) is 2.23. The van der Waals surface area contributed by atoms with Crippen LogP contribution in [0, 0.1) is 17.8 Å². The second-order valence-electron chi connectivity index (χ2n) is 7.21. The lowest BCUT2D eigenvalue weighted by Crippen LogP contribution is -2.50. The highest BCUT2D eigenvalue weighted by Crippen LogP contribution is 2.54. The molecular formula is C16H31BO3. The first-order valence-corrected chi connectivity index (χ1v) is 8.28. The summed E-state index contributed by atoms with van der Waals surface area (Å²) in [7, 11) is 3.92. The molecule has 0 aromatic heterocycles. The molecule has 0 saturated carbocycles. The van der Waals surface area contributed by atoms with Crippen molar-refractivity contribution in [1.29, 1.82) is 0 Å². The topological polar surface area (TPSA) is 27.7 Å². The molecule has 6 unspecified atom stereocenters. The van der Waals surface area contributed by atoms with Crippen LogP contribution in [0.5, 0.6) is 0 Å². The van der Waals surface area contributed by atoms with Crippen LogP contribution in [0.15, 0.2) is 0 Å². The van der Waals surface area contributed by atoms with Gasteiger partial charge >= 0.3 is 0 Å². The van der Waals surface area contributed by atoms with Crippen molar-refractivity contribution in [3.05, 3.63) is 0 Å². The van der Waals surface area contributed by atoms with Crippen molar-refractivity contribution in [2.24, 2.45) is 17.8 Å². The molecule has 4 heteroatoms. The van der Waals surface area contributed by atoms with Crippen molar-refractivity contribution in [3.8, 4) is 0 Å². The van der Waals surface area contributed by atoms with E-state index in [1.165, 1.54) is 12.8 Å². The molecule has 0 aromatic rings. The lowest BCUT2D eigenvalue weighted by molar-refractivity contribution is -0.183. The van der Waals surface area contributed by atoms with Gasteiger partial charge < -0.3 is 14.2 Å². The Labute approximate surface area is 125 Å². The normalized spacial score (nSPS) is 41.5. The Kier molecular flexibility index (Phi) is 5.20. The largest absolute Gasteiger partial charge is 0.382 e. The number of fused-ring (bicyclic) bond motifs is 2. The average Bonchev–Trinajstić information content (AvgIpc) is 2.77. The maximum Gasteiger partial charge on any atom is 0.142 e. The third-order valence-corrected chi connectivity index (χ3v) is 5.05. The number of ether oxygens (including phenoxy) is 3. The molecule has 3 nitrogen and oxygen atoms in total. The van der Waals surface area contributed by atoms with Crippen LogP contribution < -0.4 is 0 Å². The standard InChI is InChI=1S/C16H31BO3/c1-6-7-11(4)13-14-15(17)20-16(13,8-10(2)3)12(19-14)9-18-5/h10-15H,6-9,17H2,1-5H3. The summed E-state index contributed by atoms with van der Waals surface area (Å²) in [6, 6.07) is 0.214. The fourth-order valence-electron chi connectivity index (χ4n) is 4.58. The van der Waals surface area contributed by atoms with Gasteiger partial charge in [0.15, 0.2) is 0 Å². The molecular weight excluding hydrogens is 251 g/mol. The van der Waals surface area contributed by atoms with Gasteiger partial charge in [-0.3, -0.25) is 0 Å². The van der Waals surface area contributed by atoms with Gasteiger partial charge in [-0.15, -0.1) is 0 Å². The Morgan fingerprint density at radius 2 is 2.00 bits per heavy atom. The first-order chi connectivity index (χ1) is 9.46. The molecule has 116 valence electrons. The van der Waals surface area contributed by atoms with Crippen LogP contribution in [-0.2, 0) is 14.2 Å². The Bertz CT molecular complexity index is 323. The monoisotopic (exact) mass is 282 g/mol. The molecule has 0 radical (unpaired) electrons. The van der Waals surface area contributed by atoms with E-state index in [0.29, 0.717) is 24.4 Å². The summed E-state index contributed by atoms with van der Waals surface area (Å²) in [5, 5.41) is 0.